The van der Waals surface area contributed by atoms with Crippen LogP contribution in [0.4, 0.5) is 0 Å². The Morgan fingerprint density at radius 1 is 0.444 bits per heavy atom. The van der Waals surface area contributed by atoms with E-state index in [1.54, 1.807) is 0 Å². The SMILES string of the molecule is Cc1ccc(C)c2ccccc12.Cc1ccc(C)cc1.Cc1ccc(C)o1. The number of hydrogen-bond acceptors (Lipinski definition) is 1. The van der Waals surface area contributed by atoms with E-state index < -0.39 is 0 Å². The van der Waals surface area contributed by atoms with Crippen LogP contribution in [0.15, 0.2) is 77.2 Å². The summed E-state index contributed by atoms with van der Waals surface area (Å²) in [5.41, 5.74) is 5.37. The Morgan fingerprint density at radius 2 is 0.815 bits per heavy atom. The molecule has 1 heteroatoms. The van der Waals surface area contributed by atoms with E-state index in [0.717, 1.165) is 11.5 Å². The van der Waals surface area contributed by atoms with Crippen molar-refractivity contribution in [1.82, 2.24) is 0 Å². The molecule has 0 aliphatic carbocycles. The smallest absolute Gasteiger partial charge is 0.101 e. The summed E-state index contributed by atoms with van der Waals surface area (Å²) in [6.45, 7) is 12.4. The maximum Gasteiger partial charge on any atom is 0.101 e. The Kier molecular flexibility index (Phi) is 7.43. The maximum absolute atomic E-state index is 5.08. The molecule has 1 aromatic heterocycles. The van der Waals surface area contributed by atoms with E-state index in [2.05, 4.69) is 88.4 Å². The fourth-order valence-corrected chi connectivity index (χ4v) is 2.79. The van der Waals surface area contributed by atoms with Crippen LogP contribution in [0.5, 0.6) is 0 Å². The van der Waals surface area contributed by atoms with Crippen LogP contribution >= 0.6 is 0 Å². The van der Waals surface area contributed by atoms with Gasteiger partial charge in [-0.15, -0.1) is 0 Å². The van der Waals surface area contributed by atoms with E-state index >= 15 is 0 Å². The third-order valence-electron chi connectivity index (χ3n) is 4.45. The molecule has 4 aromatic rings. The number of furan rings is 1. The van der Waals surface area contributed by atoms with E-state index in [1.807, 2.05) is 26.0 Å². The Morgan fingerprint density at radius 3 is 1.11 bits per heavy atom. The minimum absolute atomic E-state index is 0.984. The van der Waals surface area contributed by atoms with Gasteiger partial charge in [0.05, 0.1) is 0 Å². The Bertz CT molecular complexity index is 897. The molecule has 0 radical (unpaired) electrons. The molecule has 1 nitrogen and oxygen atoms in total. The lowest BCUT2D eigenvalue weighted by molar-refractivity contribution is 0.504. The molecule has 0 aliphatic heterocycles. The number of rotatable bonds is 0. The van der Waals surface area contributed by atoms with Crippen molar-refractivity contribution in [2.75, 3.05) is 0 Å². The highest BCUT2D eigenvalue weighted by atomic mass is 16.3. The number of aryl methyl sites for hydroxylation is 6. The van der Waals surface area contributed by atoms with Crippen LogP contribution in [0.1, 0.15) is 33.8 Å². The molecule has 0 bridgehead atoms. The van der Waals surface area contributed by atoms with Crippen LogP contribution in [0.2, 0.25) is 0 Å². The second-order valence-electron chi connectivity index (χ2n) is 7.06. The predicted molar refractivity (Wildman–Crippen MR) is 118 cm³/mol. The van der Waals surface area contributed by atoms with Crippen molar-refractivity contribution in [2.24, 2.45) is 0 Å². The number of benzene rings is 3. The minimum atomic E-state index is 0.984. The summed E-state index contributed by atoms with van der Waals surface area (Å²) in [5, 5.41) is 2.75. The Balaban J connectivity index is 0.000000153. The number of fused-ring (bicyclic) bond motifs is 1. The van der Waals surface area contributed by atoms with Crippen LogP contribution < -0.4 is 0 Å². The molecule has 0 N–H and O–H groups in total. The van der Waals surface area contributed by atoms with Gasteiger partial charge in [-0.3, -0.25) is 0 Å². The first-order valence-electron chi connectivity index (χ1n) is 9.38. The van der Waals surface area contributed by atoms with Crippen LogP contribution in [-0.2, 0) is 0 Å². The van der Waals surface area contributed by atoms with E-state index in [-0.39, 0.29) is 0 Å². The van der Waals surface area contributed by atoms with Crippen LogP contribution in [-0.4, -0.2) is 0 Å². The van der Waals surface area contributed by atoms with Gasteiger partial charge >= 0.3 is 0 Å². The minimum Gasteiger partial charge on any atom is -0.467 e. The van der Waals surface area contributed by atoms with E-state index in [9.17, 15) is 0 Å². The third kappa shape index (κ3) is 6.45. The van der Waals surface area contributed by atoms with Gasteiger partial charge < -0.3 is 4.42 Å². The molecule has 0 unspecified atom stereocenters. The van der Waals surface area contributed by atoms with Gasteiger partial charge in [0.15, 0.2) is 0 Å². The molecule has 0 amide bonds. The van der Waals surface area contributed by atoms with Gasteiger partial charge in [0, 0.05) is 0 Å². The van der Waals surface area contributed by atoms with Crippen molar-refractivity contribution >= 4 is 10.8 Å². The topological polar surface area (TPSA) is 13.1 Å². The highest BCUT2D eigenvalue weighted by Gasteiger charge is 1.97. The normalized spacial score (nSPS) is 9.85. The third-order valence-corrected chi connectivity index (χ3v) is 4.45. The van der Waals surface area contributed by atoms with Gasteiger partial charge in [0.2, 0.25) is 0 Å². The van der Waals surface area contributed by atoms with Crippen molar-refractivity contribution in [1.29, 1.82) is 0 Å². The van der Waals surface area contributed by atoms with Gasteiger partial charge in [-0.05, 0) is 75.6 Å². The second-order valence-corrected chi connectivity index (χ2v) is 7.06. The fourth-order valence-electron chi connectivity index (χ4n) is 2.79. The zero-order chi connectivity index (χ0) is 19.8. The molecule has 0 spiro atoms. The summed E-state index contributed by atoms with van der Waals surface area (Å²) >= 11 is 0. The van der Waals surface area contributed by atoms with Crippen LogP contribution in [0, 0.1) is 41.5 Å². The van der Waals surface area contributed by atoms with Crippen molar-refractivity contribution < 1.29 is 4.42 Å². The number of hydrogen-bond donors (Lipinski definition) is 0. The van der Waals surface area contributed by atoms with Gasteiger partial charge in [0.25, 0.3) is 0 Å². The lowest BCUT2D eigenvalue weighted by Gasteiger charge is -2.03. The lowest BCUT2D eigenvalue weighted by Crippen LogP contribution is -1.80. The standard InChI is InChI=1S/C12H12.C8H10.C6H8O/c1-9-7-8-10(2)12-6-4-3-5-11(9)12;1-7-3-5-8(2)6-4-7;1-5-3-4-6(2)7-5/h3-8H,1-2H3;3-6H,1-2H3;3-4H,1-2H3. The summed E-state index contributed by atoms with van der Waals surface area (Å²) in [5.74, 6) is 1.97. The Hall–Kier alpha value is -2.80. The van der Waals surface area contributed by atoms with E-state index in [0.29, 0.717) is 0 Å². The van der Waals surface area contributed by atoms with Gasteiger partial charge in [-0.1, -0.05) is 71.8 Å². The molecule has 3 aromatic carbocycles. The predicted octanol–water partition coefficient (Wildman–Crippen LogP) is 7.66. The molecule has 27 heavy (non-hydrogen) atoms. The Labute approximate surface area is 163 Å². The highest BCUT2D eigenvalue weighted by molar-refractivity contribution is 5.88. The lowest BCUT2D eigenvalue weighted by atomic mass is 10.0. The van der Waals surface area contributed by atoms with Gasteiger partial charge in [-0.2, -0.15) is 0 Å². The quantitative estimate of drug-likeness (QED) is 0.314. The zero-order valence-corrected chi connectivity index (χ0v) is 17.3. The first-order chi connectivity index (χ1) is 12.9. The second kappa shape index (κ2) is 9.78. The summed E-state index contributed by atoms with van der Waals surface area (Å²) in [6, 6.07) is 25.3. The van der Waals surface area contributed by atoms with Crippen LogP contribution in [0.25, 0.3) is 10.8 Å². The fraction of sp³-hybridized carbons (Fsp3) is 0.231. The summed E-state index contributed by atoms with van der Waals surface area (Å²) in [4.78, 5) is 0. The first kappa shape index (κ1) is 20.5. The first-order valence-corrected chi connectivity index (χ1v) is 9.38. The molecular weight excluding hydrogens is 328 g/mol. The molecule has 0 fully saturated rings. The molecule has 4 rings (SSSR count). The average molecular weight is 359 g/mol. The van der Waals surface area contributed by atoms with Gasteiger partial charge in [0.1, 0.15) is 11.5 Å². The van der Waals surface area contributed by atoms with Crippen molar-refractivity contribution in [3.8, 4) is 0 Å². The summed E-state index contributed by atoms with van der Waals surface area (Å²) < 4.78 is 5.08. The molecule has 140 valence electrons. The van der Waals surface area contributed by atoms with Crippen LogP contribution in [0.3, 0.4) is 0 Å². The molecular formula is C26H30O. The molecule has 0 saturated heterocycles. The highest BCUT2D eigenvalue weighted by Crippen LogP contribution is 2.21. The molecule has 0 saturated carbocycles. The monoisotopic (exact) mass is 358 g/mol. The zero-order valence-electron chi connectivity index (χ0n) is 17.3. The van der Waals surface area contributed by atoms with Crippen molar-refractivity contribution in [3.63, 3.8) is 0 Å². The largest absolute Gasteiger partial charge is 0.467 e. The maximum atomic E-state index is 5.08. The van der Waals surface area contributed by atoms with E-state index in [4.69, 9.17) is 4.42 Å². The molecule has 1 heterocycles. The van der Waals surface area contributed by atoms with Crippen molar-refractivity contribution in [2.45, 2.75) is 41.5 Å². The molecule has 0 atom stereocenters. The average Bonchev–Trinajstić information content (AvgIpc) is 3.05. The van der Waals surface area contributed by atoms with Crippen molar-refractivity contribution in [3.05, 3.63) is 107 Å². The van der Waals surface area contributed by atoms with Gasteiger partial charge in [-0.25, -0.2) is 0 Å². The summed E-state index contributed by atoms with van der Waals surface area (Å²) in [6.07, 6.45) is 0. The molecule has 0 aliphatic rings. The van der Waals surface area contributed by atoms with E-state index in [1.165, 1.54) is 33.0 Å². The summed E-state index contributed by atoms with van der Waals surface area (Å²) in [7, 11) is 0.